The van der Waals surface area contributed by atoms with Gasteiger partial charge in [0.05, 0.1) is 6.42 Å². The van der Waals surface area contributed by atoms with E-state index in [1.165, 1.54) is 14.1 Å². The van der Waals surface area contributed by atoms with Gasteiger partial charge in [-0.05, 0) is 33.1 Å². The van der Waals surface area contributed by atoms with Gasteiger partial charge in [0.25, 0.3) is 5.82 Å². The molecule has 0 saturated carbocycles. The number of amides is 2. The van der Waals surface area contributed by atoms with E-state index in [9.17, 15) is 32.7 Å². The number of halogens is 3. The monoisotopic (exact) mass is 466 g/mol. The Labute approximate surface area is 183 Å². The molecule has 1 aromatic rings. The van der Waals surface area contributed by atoms with Gasteiger partial charge in [0.15, 0.2) is 0 Å². The number of aromatic nitrogens is 2. The SMILES string of the molecule is CC(C)CC(C(=O)N(C)C(Cc1nc(C(F)(F)F)no1)C(=O)O)N(C)C(=O)OC(C)(C)C. The van der Waals surface area contributed by atoms with E-state index >= 15 is 0 Å². The van der Waals surface area contributed by atoms with E-state index in [0.717, 1.165) is 9.80 Å². The van der Waals surface area contributed by atoms with Gasteiger partial charge in [0.1, 0.15) is 17.7 Å². The normalized spacial score (nSPS) is 14.1. The third kappa shape index (κ3) is 7.68. The number of carbonyl (C=O) groups is 3. The summed E-state index contributed by atoms with van der Waals surface area (Å²) >= 11 is 0. The number of carboxylic acids is 1. The van der Waals surface area contributed by atoms with Crippen molar-refractivity contribution in [2.75, 3.05) is 14.1 Å². The molecule has 182 valence electrons. The minimum Gasteiger partial charge on any atom is -0.480 e. The highest BCUT2D eigenvalue weighted by Gasteiger charge is 2.40. The number of hydrogen-bond donors (Lipinski definition) is 1. The number of likely N-dealkylation sites (N-methyl/N-ethyl adjacent to an activating group) is 2. The van der Waals surface area contributed by atoms with Crippen molar-refractivity contribution in [2.24, 2.45) is 5.92 Å². The highest BCUT2D eigenvalue weighted by Crippen LogP contribution is 2.26. The highest BCUT2D eigenvalue weighted by atomic mass is 19.4. The number of carbonyl (C=O) groups excluding carboxylic acids is 2. The number of hydrogen-bond acceptors (Lipinski definition) is 7. The molecule has 0 aliphatic heterocycles. The van der Waals surface area contributed by atoms with E-state index in [0.29, 0.717) is 0 Å². The molecule has 2 atom stereocenters. The summed E-state index contributed by atoms with van der Waals surface area (Å²) in [5.41, 5.74) is -0.819. The van der Waals surface area contributed by atoms with Crippen LogP contribution in [-0.2, 0) is 26.9 Å². The van der Waals surface area contributed by atoms with Crippen LogP contribution in [-0.4, -0.2) is 74.8 Å². The zero-order chi connectivity index (χ0) is 25.0. The van der Waals surface area contributed by atoms with Crippen molar-refractivity contribution in [3.8, 4) is 0 Å². The van der Waals surface area contributed by atoms with Gasteiger partial charge in [-0.2, -0.15) is 18.2 Å². The van der Waals surface area contributed by atoms with Gasteiger partial charge in [-0.3, -0.25) is 9.69 Å². The minimum absolute atomic E-state index is 0.0456. The number of ether oxygens (including phenoxy) is 1. The standard InChI is InChI=1S/C19H29F3N4O6/c1-10(2)8-11(26(7)17(30)31-18(3,4)5)14(27)25(6)12(15(28)29)9-13-23-16(24-32-13)19(20,21)22/h10-12H,8-9H2,1-7H3,(H,28,29). The Morgan fingerprint density at radius 2 is 1.66 bits per heavy atom. The second-order valence-corrected chi connectivity index (χ2v) is 8.75. The fourth-order valence-corrected chi connectivity index (χ4v) is 2.73. The average Bonchev–Trinajstić information content (AvgIpc) is 3.09. The summed E-state index contributed by atoms with van der Waals surface area (Å²) in [7, 11) is 2.54. The Morgan fingerprint density at radius 1 is 1.09 bits per heavy atom. The van der Waals surface area contributed by atoms with Crippen LogP contribution in [0, 0.1) is 5.92 Å². The Hall–Kier alpha value is -2.86. The van der Waals surface area contributed by atoms with Gasteiger partial charge in [0.2, 0.25) is 11.8 Å². The molecule has 32 heavy (non-hydrogen) atoms. The molecule has 0 aliphatic rings. The quantitative estimate of drug-likeness (QED) is 0.620. The number of aliphatic carboxylic acids is 1. The summed E-state index contributed by atoms with van der Waals surface area (Å²) in [4.78, 5) is 42.5. The molecule has 0 spiro atoms. The molecule has 0 radical (unpaired) electrons. The Bertz CT molecular complexity index is 819. The molecule has 1 aromatic heterocycles. The van der Waals surface area contributed by atoms with Gasteiger partial charge in [0, 0.05) is 14.1 Å². The fraction of sp³-hybridized carbons (Fsp3) is 0.737. The van der Waals surface area contributed by atoms with Gasteiger partial charge < -0.3 is 19.3 Å². The minimum atomic E-state index is -4.86. The molecule has 2 amide bonds. The molecule has 0 bridgehead atoms. The summed E-state index contributed by atoms with van der Waals surface area (Å²) in [6.07, 6.45) is -6.08. The van der Waals surface area contributed by atoms with E-state index < -0.39 is 60.0 Å². The molecule has 0 aliphatic carbocycles. The molecule has 1 heterocycles. The zero-order valence-corrected chi connectivity index (χ0v) is 19.1. The van der Waals surface area contributed by atoms with Crippen LogP contribution in [0.2, 0.25) is 0 Å². The first-order chi connectivity index (χ1) is 14.4. The third-order valence-electron chi connectivity index (χ3n) is 4.32. The van der Waals surface area contributed by atoms with Crippen LogP contribution in [0.15, 0.2) is 4.52 Å². The van der Waals surface area contributed by atoms with Gasteiger partial charge >= 0.3 is 18.2 Å². The fourth-order valence-electron chi connectivity index (χ4n) is 2.73. The Morgan fingerprint density at radius 3 is 2.06 bits per heavy atom. The molecule has 1 N–H and O–H groups in total. The molecule has 0 fully saturated rings. The lowest BCUT2D eigenvalue weighted by Gasteiger charge is -2.34. The van der Waals surface area contributed by atoms with E-state index in [4.69, 9.17) is 4.74 Å². The molecule has 10 nitrogen and oxygen atoms in total. The van der Waals surface area contributed by atoms with Gasteiger partial charge in [-0.25, -0.2) is 9.59 Å². The maximum Gasteiger partial charge on any atom is 0.455 e. The maximum atomic E-state index is 13.2. The van der Waals surface area contributed by atoms with Gasteiger partial charge in [-0.1, -0.05) is 19.0 Å². The first kappa shape index (κ1) is 27.2. The predicted molar refractivity (Wildman–Crippen MR) is 104 cm³/mol. The number of rotatable bonds is 8. The molecule has 0 aromatic carbocycles. The summed E-state index contributed by atoms with van der Waals surface area (Å²) < 4.78 is 47.8. The molecule has 1 rings (SSSR count). The first-order valence-electron chi connectivity index (χ1n) is 9.79. The molecule has 2 unspecified atom stereocenters. The topological polar surface area (TPSA) is 126 Å². The van der Waals surface area contributed by atoms with Crippen LogP contribution in [0.25, 0.3) is 0 Å². The van der Waals surface area contributed by atoms with Crippen LogP contribution in [0.1, 0.15) is 52.8 Å². The highest BCUT2D eigenvalue weighted by molar-refractivity contribution is 5.89. The first-order valence-corrected chi connectivity index (χ1v) is 9.79. The van der Waals surface area contributed by atoms with E-state index in [1.54, 1.807) is 20.8 Å². The maximum absolute atomic E-state index is 13.2. The summed E-state index contributed by atoms with van der Waals surface area (Å²) in [5.74, 6) is -4.40. The largest absolute Gasteiger partial charge is 0.480 e. The summed E-state index contributed by atoms with van der Waals surface area (Å²) in [5, 5.41) is 12.4. The van der Waals surface area contributed by atoms with Crippen LogP contribution in [0.4, 0.5) is 18.0 Å². The smallest absolute Gasteiger partial charge is 0.455 e. The van der Waals surface area contributed by atoms with Crippen LogP contribution in [0.3, 0.4) is 0 Å². The Kier molecular flexibility index (Phi) is 8.64. The van der Waals surface area contributed by atoms with Crippen molar-refractivity contribution in [3.05, 3.63) is 11.7 Å². The summed E-state index contributed by atoms with van der Waals surface area (Å²) in [6, 6.07) is -2.67. The number of nitrogens with zero attached hydrogens (tertiary/aromatic N) is 4. The van der Waals surface area contributed by atoms with Crippen LogP contribution >= 0.6 is 0 Å². The van der Waals surface area contributed by atoms with Crippen molar-refractivity contribution in [3.63, 3.8) is 0 Å². The third-order valence-corrected chi connectivity index (χ3v) is 4.32. The summed E-state index contributed by atoms with van der Waals surface area (Å²) in [6.45, 7) is 8.60. The second-order valence-electron chi connectivity index (χ2n) is 8.75. The van der Waals surface area contributed by atoms with Crippen molar-refractivity contribution < 1.29 is 41.9 Å². The van der Waals surface area contributed by atoms with Crippen molar-refractivity contribution in [1.82, 2.24) is 19.9 Å². The number of alkyl halides is 3. The van der Waals surface area contributed by atoms with Crippen molar-refractivity contribution >= 4 is 18.0 Å². The van der Waals surface area contributed by atoms with Crippen molar-refractivity contribution in [1.29, 1.82) is 0 Å². The van der Waals surface area contributed by atoms with E-state index in [1.807, 2.05) is 13.8 Å². The molecule has 0 saturated heterocycles. The second kappa shape index (κ2) is 10.2. The average molecular weight is 466 g/mol. The lowest BCUT2D eigenvalue weighted by molar-refractivity contribution is -0.151. The Balaban J connectivity index is 3.13. The molecular weight excluding hydrogens is 437 g/mol. The zero-order valence-electron chi connectivity index (χ0n) is 19.1. The van der Waals surface area contributed by atoms with Crippen LogP contribution in [0.5, 0.6) is 0 Å². The lowest BCUT2D eigenvalue weighted by atomic mass is 10.0. The van der Waals surface area contributed by atoms with E-state index in [2.05, 4.69) is 14.7 Å². The predicted octanol–water partition coefficient (Wildman–Crippen LogP) is 2.82. The van der Waals surface area contributed by atoms with E-state index in [-0.39, 0.29) is 12.3 Å². The lowest BCUT2D eigenvalue weighted by Crippen LogP contribution is -2.54. The molecular formula is C19H29F3N4O6. The van der Waals surface area contributed by atoms with Gasteiger partial charge in [-0.15, -0.1) is 0 Å². The number of carboxylic acid groups (broad SMARTS) is 1. The van der Waals surface area contributed by atoms with Crippen LogP contribution < -0.4 is 0 Å². The van der Waals surface area contributed by atoms with Crippen molar-refractivity contribution in [2.45, 2.75) is 71.3 Å². The molecule has 13 heteroatoms.